The molecule has 4 nitrogen and oxygen atoms in total. The van der Waals surface area contributed by atoms with Crippen LogP contribution in [0.25, 0.3) is 0 Å². The lowest BCUT2D eigenvalue weighted by molar-refractivity contribution is 0.282. The number of ether oxygens (including phenoxy) is 2. The van der Waals surface area contributed by atoms with Crippen molar-refractivity contribution in [1.82, 2.24) is 0 Å². The van der Waals surface area contributed by atoms with Crippen molar-refractivity contribution in [3.8, 4) is 11.5 Å². The predicted octanol–water partition coefficient (Wildman–Crippen LogP) is 9.23. The molecule has 0 saturated carbocycles. The Kier molecular flexibility index (Phi) is 7.48. The highest BCUT2D eigenvalue weighted by Crippen LogP contribution is 2.50. The Bertz CT molecular complexity index is 1570. The summed E-state index contributed by atoms with van der Waals surface area (Å²) in [7, 11) is 1.66. The summed E-state index contributed by atoms with van der Waals surface area (Å²) >= 11 is 3.66. The summed E-state index contributed by atoms with van der Waals surface area (Å²) in [6.07, 6.45) is 7.68. The minimum atomic E-state index is 0.279. The topological polar surface area (TPSA) is 42.8 Å². The molecule has 0 bridgehead atoms. The van der Waals surface area contributed by atoms with E-state index in [1.807, 2.05) is 18.3 Å². The maximum Gasteiger partial charge on any atom is 0.175 e. The average molecular weight is 594 g/mol. The third-order valence-electron chi connectivity index (χ3n) is 7.89. The van der Waals surface area contributed by atoms with Crippen LogP contribution in [0.5, 0.6) is 11.5 Å². The van der Waals surface area contributed by atoms with Crippen molar-refractivity contribution in [3.05, 3.63) is 129 Å². The monoisotopic (exact) mass is 592 g/mol. The lowest BCUT2D eigenvalue weighted by Crippen LogP contribution is -2.29. The van der Waals surface area contributed by atoms with Crippen molar-refractivity contribution in [2.75, 3.05) is 12.4 Å². The molecule has 0 spiro atoms. The van der Waals surface area contributed by atoms with E-state index in [-0.39, 0.29) is 6.04 Å². The van der Waals surface area contributed by atoms with Gasteiger partial charge in [-0.2, -0.15) is 0 Å². The molecule has 6 rings (SSSR count). The Hall–Kier alpha value is -3.83. The standard InChI is InChI=1S/C35H33BrN2O2/c1-22-7-10-24(11-8-22)21-40-35-31(36)18-25(19-33(35)39-3)20-37-27-14-12-26(13-15-27)34-29-6-4-5-28(29)30-17-23(2)9-16-32(30)38-34/h4-5,7-20,28-29,34,38H,6,21H2,1-3H3/t28-,29-,34-/m0/s1. The number of methoxy groups -OCH3 is 1. The Labute approximate surface area is 244 Å². The van der Waals surface area contributed by atoms with Gasteiger partial charge in [0.2, 0.25) is 0 Å². The molecule has 40 heavy (non-hydrogen) atoms. The first kappa shape index (κ1) is 26.4. The van der Waals surface area contributed by atoms with Gasteiger partial charge in [0.25, 0.3) is 0 Å². The Morgan fingerprint density at radius 3 is 2.50 bits per heavy atom. The van der Waals surface area contributed by atoms with E-state index in [0.717, 1.165) is 27.7 Å². The van der Waals surface area contributed by atoms with Crippen LogP contribution in [0.15, 0.2) is 100 Å². The first-order valence-electron chi connectivity index (χ1n) is 13.7. The first-order valence-corrected chi connectivity index (χ1v) is 14.5. The van der Waals surface area contributed by atoms with Gasteiger partial charge in [-0.15, -0.1) is 0 Å². The molecular weight excluding hydrogens is 560 g/mol. The SMILES string of the molecule is COc1cc(C=Nc2ccc([C@@H]3Nc4ccc(C)cc4[C@H]4C=CC[C@@H]43)cc2)cc(Br)c1OCc1ccc(C)cc1. The Morgan fingerprint density at radius 1 is 0.950 bits per heavy atom. The molecule has 2 aliphatic rings. The summed E-state index contributed by atoms with van der Waals surface area (Å²) in [5, 5.41) is 3.83. The molecule has 0 aromatic heterocycles. The van der Waals surface area contributed by atoms with E-state index in [9.17, 15) is 0 Å². The highest BCUT2D eigenvalue weighted by molar-refractivity contribution is 9.10. The van der Waals surface area contributed by atoms with Crippen LogP contribution < -0.4 is 14.8 Å². The molecule has 4 aromatic carbocycles. The van der Waals surface area contributed by atoms with Crippen LogP contribution in [0.2, 0.25) is 0 Å². The van der Waals surface area contributed by atoms with Crippen molar-refractivity contribution in [2.45, 2.75) is 38.8 Å². The molecule has 4 aromatic rings. The number of nitrogens with one attached hydrogen (secondary N) is 1. The fraction of sp³-hybridized carbons (Fsp3) is 0.229. The number of hydrogen-bond acceptors (Lipinski definition) is 4. The number of benzene rings is 4. The number of hydrogen-bond donors (Lipinski definition) is 1. The van der Waals surface area contributed by atoms with Gasteiger partial charge >= 0.3 is 0 Å². The van der Waals surface area contributed by atoms with Gasteiger partial charge in [-0.05, 0) is 94.7 Å². The fourth-order valence-electron chi connectivity index (χ4n) is 5.75. The smallest absolute Gasteiger partial charge is 0.175 e. The second-order valence-corrected chi connectivity index (χ2v) is 11.6. The second kappa shape index (κ2) is 11.3. The normalized spacial score (nSPS) is 19.2. The second-order valence-electron chi connectivity index (χ2n) is 10.7. The van der Waals surface area contributed by atoms with E-state index >= 15 is 0 Å². The van der Waals surface area contributed by atoms with Crippen molar-refractivity contribution in [3.63, 3.8) is 0 Å². The number of nitrogens with zero attached hydrogens (tertiary/aromatic N) is 1. The quantitative estimate of drug-likeness (QED) is 0.172. The van der Waals surface area contributed by atoms with Gasteiger partial charge in [0.05, 0.1) is 23.3 Å². The average Bonchev–Trinajstić information content (AvgIpc) is 3.47. The van der Waals surface area contributed by atoms with Crippen molar-refractivity contribution >= 4 is 33.5 Å². The largest absolute Gasteiger partial charge is 0.493 e. The van der Waals surface area contributed by atoms with E-state index in [1.165, 1.54) is 27.9 Å². The van der Waals surface area contributed by atoms with E-state index in [1.54, 1.807) is 7.11 Å². The van der Waals surface area contributed by atoms with Gasteiger partial charge in [-0.25, -0.2) is 0 Å². The summed E-state index contributed by atoms with van der Waals surface area (Å²) < 4.78 is 12.6. The number of allylic oxidation sites excluding steroid dienone is 2. The molecule has 1 heterocycles. The third-order valence-corrected chi connectivity index (χ3v) is 8.48. The van der Waals surface area contributed by atoms with E-state index in [4.69, 9.17) is 14.5 Å². The lowest BCUT2D eigenvalue weighted by atomic mass is 9.76. The summed E-state index contributed by atoms with van der Waals surface area (Å²) in [5.74, 6) is 2.34. The summed E-state index contributed by atoms with van der Waals surface area (Å²) in [4.78, 5) is 4.75. The summed E-state index contributed by atoms with van der Waals surface area (Å²) in [6, 6.07) is 27.9. The molecule has 5 heteroatoms. The van der Waals surface area contributed by atoms with E-state index in [0.29, 0.717) is 29.9 Å². The Balaban J connectivity index is 1.16. The van der Waals surface area contributed by atoms with Gasteiger partial charge < -0.3 is 14.8 Å². The molecule has 3 atom stereocenters. The van der Waals surface area contributed by atoms with Gasteiger partial charge in [0, 0.05) is 17.8 Å². The van der Waals surface area contributed by atoms with Gasteiger partial charge in [0.1, 0.15) is 6.61 Å². The third kappa shape index (κ3) is 5.44. The molecule has 0 amide bonds. The van der Waals surface area contributed by atoms with Crippen LogP contribution in [-0.2, 0) is 6.61 Å². The molecule has 202 valence electrons. The lowest BCUT2D eigenvalue weighted by Gasteiger charge is -2.37. The Morgan fingerprint density at radius 2 is 1.73 bits per heavy atom. The maximum atomic E-state index is 6.10. The molecule has 1 aliphatic heterocycles. The van der Waals surface area contributed by atoms with E-state index < -0.39 is 0 Å². The molecule has 0 fully saturated rings. The zero-order chi connectivity index (χ0) is 27.6. The molecule has 1 N–H and O–H groups in total. The van der Waals surface area contributed by atoms with E-state index in [2.05, 4.69) is 114 Å². The molecule has 0 unspecified atom stereocenters. The number of fused-ring (bicyclic) bond motifs is 3. The first-order chi connectivity index (χ1) is 19.5. The molecule has 1 aliphatic carbocycles. The zero-order valence-corrected chi connectivity index (χ0v) is 24.6. The van der Waals surface area contributed by atoms with Gasteiger partial charge in [0.15, 0.2) is 11.5 Å². The van der Waals surface area contributed by atoms with Crippen molar-refractivity contribution < 1.29 is 9.47 Å². The minimum Gasteiger partial charge on any atom is -0.493 e. The number of aryl methyl sites for hydroxylation is 2. The number of anilines is 1. The fourth-order valence-corrected chi connectivity index (χ4v) is 6.33. The zero-order valence-electron chi connectivity index (χ0n) is 23.0. The highest BCUT2D eigenvalue weighted by Gasteiger charge is 2.37. The molecular formula is C35H33BrN2O2. The van der Waals surface area contributed by atoms with Crippen LogP contribution in [0.3, 0.4) is 0 Å². The van der Waals surface area contributed by atoms with Crippen LogP contribution in [-0.4, -0.2) is 13.3 Å². The van der Waals surface area contributed by atoms with Crippen LogP contribution >= 0.6 is 15.9 Å². The summed E-state index contributed by atoms with van der Waals surface area (Å²) in [6.45, 7) is 4.71. The van der Waals surface area contributed by atoms with Crippen LogP contribution in [0.1, 0.15) is 51.8 Å². The van der Waals surface area contributed by atoms with Crippen LogP contribution in [0.4, 0.5) is 11.4 Å². The number of halogens is 1. The van der Waals surface area contributed by atoms with Gasteiger partial charge in [-0.3, -0.25) is 4.99 Å². The number of aliphatic imine (C=N–C) groups is 1. The van der Waals surface area contributed by atoms with Crippen molar-refractivity contribution in [2.24, 2.45) is 10.9 Å². The van der Waals surface area contributed by atoms with Crippen molar-refractivity contribution in [1.29, 1.82) is 0 Å². The number of rotatable bonds is 7. The molecule has 0 saturated heterocycles. The highest BCUT2D eigenvalue weighted by atomic mass is 79.9. The summed E-state index contributed by atoms with van der Waals surface area (Å²) in [5.41, 5.74) is 9.45. The maximum absolute atomic E-state index is 6.10. The minimum absolute atomic E-state index is 0.279. The van der Waals surface area contributed by atoms with Gasteiger partial charge in [-0.1, -0.05) is 71.8 Å². The predicted molar refractivity (Wildman–Crippen MR) is 167 cm³/mol. The van der Waals surface area contributed by atoms with Crippen LogP contribution in [0, 0.1) is 19.8 Å². The molecule has 0 radical (unpaired) electrons.